The van der Waals surface area contributed by atoms with Gasteiger partial charge in [0, 0.05) is 12.6 Å². The number of aliphatic carboxylic acids is 1. The van der Waals surface area contributed by atoms with Crippen LogP contribution in [0, 0.1) is 5.92 Å². The second-order valence-corrected chi connectivity index (χ2v) is 5.17. The molecule has 0 amide bonds. The van der Waals surface area contributed by atoms with E-state index < -0.39 is 5.97 Å². The molecule has 4 heteroatoms. The molecule has 0 saturated heterocycles. The van der Waals surface area contributed by atoms with Crippen molar-refractivity contribution in [3.8, 4) is 5.75 Å². The van der Waals surface area contributed by atoms with Crippen LogP contribution in [0.15, 0.2) is 24.3 Å². The number of carboxylic acids is 1. The van der Waals surface area contributed by atoms with Gasteiger partial charge in [0.15, 0.2) is 0 Å². The van der Waals surface area contributed by atoms with E-state index in [9.17, 15) is 4.79 Å². The third kappa shape index (κ3) is 4.91. The summed E-state index contributed by atoms with van der Waals surface area (Å²) in [5, 5.41) is 9.01. The first-order valence-corrected chi connectivity index (χ1v) is 6.53. The van der Waals surface area contributed by atoms with Gasteiger partial charge < -0.3 is 9.84 Å². The molecule has 0 saturated carbocycles. The van der Waals surface area contributed by atoms with E-state index in [2.05, 4.69) is 13.8 Å². The van der Waals surface area contributed by atoms with Gasteiger partial charge in [-0.3, -0.25) is 9.69 Å². The number of nitrogens with zero attached hydrogens (tertiary/aromatic N) is 1. The molecule has 4 nitrogen and oxygen atoms in total. The Morgan fingerprint density at radius 1 is 1.26 bits per heavy atom. The SMILES string of the molecule is COc1ccc(C(C)N(CC(=O)O)CC(C)C)cc1. The van der Waals surface area contributed by atoms with E-state index in [0.29, 0.717) is 5.92 Å². The normalized spacial score (nSPS) is 12.7. The van der Waals surface area contributed by atoms with Crippen LogP contribution in [0.2, 0.25) is 0 Å². The Balaban J connectivity index is 2.83. The molecule has 1 rings (SSSR count). The molecule has 0 bridgehead atoms. The van der Waals surface area contributed by atoms with E-state index in [1.807, 2.05) is 36.1 Å². The molecule has 1 aromatic rings. The van der Waals surface area contributed by atoms with E-state index in [-0.39, 0.29) is 12.6 Å². The van der Waals surface area contributed by atoms with Gasteiger partial charge in [0.2, 0.25) is 0 Å². The Hall–Kier alpha value is -1.55. The number of ether oxygens (including phenoxy) is 1. The topological polar surface area (TPSA) is 49.8 Å². The molecule has 0 aliphatic carbocycles. The molecule has 0 aliphatic heterocycles. The number of benzene rings is 1. The summed E-state index contributed by atoms with van der Waals surface area (Å²) in [5.74, 6) is 0.450. The second-order valence-electron chi connectivity index (χ2n) is 5.17. The Labute approximate surface area is 115 Å². The van der Waals surface area contributed by atoms with Crippen molar-refractivity contribution in [2.75, 3.05) is 20.2 Å². The average molecular weight is 265 g/mol. The van der Waals surface area contributed by atoms with Gasteiger partial charge in [-0.15, -0.1) is 0 Å². The number of carboxylic acid groups (broad SMARTS) is 1. The maximum absolute atomic E-state index is 11.0. The Morgan fingerprint density at radius 2 is 1.84 bits per heavy atom. The van der Waals surface area contributed by atoms with Gasteiger partial charge in [-0.25, -0.2) is 0 Å². The lowest BCUT2D eigenvalue weighted by molar-refractivity contribution is -0.139. The van der Waals surface area contributed by atoms with Crippen molar-refractivity contribution in [1.29, 1.82) is 0 Å². The number of hydrogen-bond donors (Lipinski definition) is 1. The fraction of sp³-hybridized carbons (Fsp3) is 0.533. The summed E-state index contributed by atoms with van der Waals surface area (Å²) >= 11 is 0. The van der Waals surface area contributed by atoms with E-state index in [0.717, 1.165) is 17.9 Å². The van der Waals surface area contributed by atoms with Crippen LogP contribution in [-0.4, -0.2) is 36.2 Å². The summed E-state index contributed by atoms with van der Waals surface area (Å²) in [5.41, 5.74) is 1.10. The minimum absolute atomic E-state index is 0.0609. The fourth-order valence-electron chi connectivity index (χ4n) is 2.10. The molecule has 106 valence electrons. The largest absolute Gasteiger partial charge is 0.497 e. The maximum atomic E-state index is 11.0. The van der Waals surface area contributed by atoms with Crippen LogP contribution in [0.3, 0.4) is 0 Å². The standard InChI is InChI=1S/C15H23NO3/c1-11(2)9-16(10-15(17)18)12(3)13-5-7-14(19-4)8-6-13/h5-8,11-12H,9-10H2,1-4H3,(H,17,18). The van der Waals surface area contributed by atoms with Crippen LogP contribution in [0.25, 0.3) is 0 Å². The van der Waals surface area contributed by atoms with Crippen LogP contribution in [0.4, 0.5) is 0 Å². The van der Waals surface area contributed by atoms with E-state index in [4.69, 9.17) is 9.84 Å². The van der Waals surface area contributed by atoms with E-state index in [1.165, 1.54) is 0 Å². The van der Waals surface area contributed by atoms with Gasteiger partial charge in [0.05, 0.1) is 13.7 Å². The van der Waals surface area contributed by atoms with Gasteiger partial charge in [-0.1, -0.05) is 26.0 Å². The molecule has 0 aromatic heterocycles. The summed E-state index contributed by atoms with van der Waals surface area (Å²) in [7, 11) is 1.63. The molecule has 1 N–H and O–H groups in total. The highest BCUT2D eigenvalue weighted by Gasteiger charge is 2.19. The Kier molecular flexibility index (Phi) is 5.83. The van der Waals surface area contributed by atoms with Crippen molar-refractivity contribution in [1.82, 2.24) is 4.90 Å². The molecule has 0 radical (unpaired) electrons. The number of carbonyl (C=O) groups is 1. The molecule has 0 spiro atoms. The fourth-order valence-corrected chi connectivity index (χ4v) is 2.10. The highest BCUT2D eigenvalue weighted by atomic mass is 16.5. The first-order chi connectivity index (χ1) is 8.93. The summed E-state index contributed by atoms with van der Waals surface area (Å²) in [4.78, 5) is 12.9. The summed E-state index contributed by atoms with van der Waals surface area (Å²) in [6.45, 7) is 7.04. The van der Waals surface area contributed by atoms with Gasteiger partial charge in [0.1, 0.15) is 5.75 Å². The molecule has 19 heavy (non-hydrogen) atoms. The van der Waals surface area contributed by atoms with Crippen LogP contribution in [0.5, 0.6) is 5.75 Å². The Bertz CT molecular complexity index is 400. The molecule has 0 aliphatic rings. The average Bonchev–Trinajstić information content (AvgIpc) is 2.36. The highest BCUT2D eigenvalue weighted by molar-refractivity contribution is 5.69. The lowest BCUT2D eigenvalue weighted by Gasteiger charge is -2.29. The molecule has 1 aromatic carbocycles. The molecule has 1 unspecified atom stereocenters. The van der Waals surface area contributed by atoms with Crippen molar-refractivity contribution in [3.63, 3.8) is 0 Å². The van der Waals surface area contributed by atoms with Gasteiger partial charge in [-0.05, 0) is 30.5 Å². The molecular weight excluding hydrogens is 242 g/mol. The van der Waals surface area contributed by atoms with Gasteiger partial charge >= 0.3 is 5.97 Å². The third-order valence-corrected chi connectivity index (χ3v) is 3.08. The smallest absolute Gasteiger partial charge is 0.317 e. The first kappa shape index (κ1) is 15.5. The van der Waals surface area contributed by atoms with Crippen LogP contribution >= 0.6 is 0 Å². The minimum Gasteiger partial charge on any atom is -0.497 e. The van der Waals surface area contributed by atoms with Crippen LogP contribution in [-0.2, 0) is 4.79 Å². The number of rotatable bonds is 7. The van der Waals surface area contributed by atoms with Gasteiger partial charge in [-0.2, -0.15) is 0 Å². The monoisotopic (exact) mass is 265 g/mol. The maximum Gasteiger partial charge on any atom is 0.317 e. The molecule has 0 heterocycles. The molecule has 0 fully saturated rings. The van der Waals surface area contributed by atoms with Crippen molar-refractivity contribution in [2.24, 2.45) is 5.92 Å². The van der Waals surface area contributed by atoms with Crippen molar-refractivity contribution in [3.05, 3.63) is 29.8 Å². The summed E-state index contributed by atoms with van der Waals surface area (Å²) in [6, 6.07) is 7.85. The molecule has 1 atom stereocenters. The first-order valence-electron chi connectivity index (χ1n) is 6.53. The van der Waals surface area contributed by atoms with Crippen molar-refractivity contribution < 1.29 is 14.6 Å². The number of hydrogen-bond acceptors (Lipinski definition) is 3. The quantitative estimate of drug-likeness (QED) is 0.823. The summed E-state index contributed by atoms with van der Waals surface area (Å²) in [6.07, 6.45) is 0. The Morgan fingerprint density at radius 3 is 2.26 bits per heavy atom. The third-order valence-electron chi connectivity index (χ3n) is 3.08. The predicted octanol–water partition coefficient (Wildman–Crippen LogP) is 2.80. The van der Waals surface area contributed by atoms with Crippen LogP contribution in [0.1, 0.15) is 32.4 Å². The van der Waals surface area contributed by atoms with Crippen molar-refractivity contribution >= 4 is 5.97 Å². The van der Waals surface area contributed by atoms with E-state index >= 15 is 0 Å². The lowest BCUT2D eigenvalue weighted by Crippen LogP contribution is -2.35. The number of methoxy groups -OCH3 is 1. The van der Waals surface area contributed by atoms with Crippen molar-refractivity contribution in [2.45, 2.75) is 26.8 Å². The van der Waals surface area contributed by atoms with Gasteiger partial charge in [0.25, 0.3) is 0 Å². The highest BCUT2D eigenvalue weighted by Crippen LogP contribution is 2.23. The van der Waals surface area contributed by atoms with Crippen LogP contribution < -0.4 is 4.74 Å². The lowest BCUT2D eigenvalue weighted by atomic mass is 10.0. The second kappa shape index (κ2) is 7.14. The van der Waals surface area contributed by atoms with E-state index in [1.54, 1.807) is 7.11 Å². The predicted molar refractivity (Wildman–Crippen MR) is 75.5 cm³/mol. The molecular formula is C15H23NO3. The summed E-state index contributed by atoms with van der Waals surface area (Å²) < 4.78 is 5.13. The zero-order valence-corrected chi connectivity index (χ0v) is 12.1. The zero-order chi connectivity index (χ0) is 14.4. The minimum atomic E-state index is -0.791. The zero-order valence-electron chi connectivity index (χ0n) is 12.1.